The number of para-hydroxylation sites is 1. The van der Waals surface area contributed by atoms with Crippen LogP contribution in [-0.4, -0.2) is 11.7 Å². The van der Waals surface area contributed by atoms with Crippen molar-refractivity contribution in [3.8, 4) is 11.5 Å². The maximum atomic E-state index is 13.3. The van der Waals surface area contributed by atoms with Crippen molar-refractivity contribution in [2.45, 2.75) is 31.1 Å². The van der Waals surface area contributed by atoms with Gasteiger partial charge in [-0.2, -0.15) is 0 Å². The smallest absolute Gasteiger partial charge is 0.225 e. The van der Waals surface area contributed by atoms with Gasteiger partial charge >= 0.3 is 0 Å². The van der Waals surface area contributed by atoms with Crippen molar-refractivity contribution in [2.75, 3.05) is 0 Å². The van der Waals surface area contributed by atoms with Crippen LogP contribution in [0.5, 0.6) is 11.5 Å². The standard InChI is InChI=1S/C27H22ClNO3/c28-23-12-5-4-11-21(23)18-14-24-27(25(30)15-18)22(16-26(31)29-24)17-7-6-10-20(13-17)32-19-8-2-1-3-9-19/h1-13,18,22H,14-16H2,(H,29,31)/t18-,22-/m1/s1. The summed E-state index contributed by atoms with van der Waals surface area (Å²) in [6.45, 7) is 0. The van der Waals surface area contributed by atoms with Crippen LogP contribution < -0.4 is 10.1 Å². The molecule has 0 radical (unpaired) electrons. The number of benzene rings is 3. The first-order chi connectivity index (χ1) is 15.6. The number of carbonyl (C=O) groups is 2. The molecule has 2 aliphatic rings. The Kier molecular flexibility index (Phi) is 5.54. The van der Waals surface area contributed by atoms with E-state index in [0.717, 1.165) is 22.6 Å². The first-order valence-corrected chi connectivity index (χ1v) is 11.1. The van der Waals surface area contributed by atoms with Crippen LogP contribution in [0.2, 0.25) is 5.02 Å². The summed E-state index contributed by atoms with van der Waals surface area (Å²) in [5.74, 6) is 1.09. The minimum atomic E-state index is -0.280. The molecule has 5 rings (SSSR count). The van der Waals surface area contributed by atoms with Gasteiger partial charge in [0.15, 0.2) is 5.78 Å². The molecule has 2 atom stereocenters. The average Bonchev–Trinajstić information content (AvgIpc) is 2.79. The molecule has 1 aliphatic heterocycles. The van der Waals surface area contributed by atoms with Crippen LogP contribution in [0.1, 0.15) is 42.2 Å². The molecule has 5 heteroatoms. The molecule has 32 heavy (non-hydrogen) atoms. The molecule has 0 saturated heterocycles. The number of hydrogen-bond acceptors (Lipinski definition) is 3. The number of halogens is 1. The van der Waals surface area contributed by atoms with E-state index in [9.17, 15) is 9.59 Å². The zero-order valence-corrected chi connectivity index (χ0v) is 18.1. The van der Waals surface area contributed by atoms with E-state index < -0.39 is 0 Å². The van der Waals surface area contributed by atoms with Crippen LogP contribution in [0.3, 0.4) is 0 Å². The summed E-state index contributed by atoms with van der Waals surface area (Å²) in [7, 11) is 0. The molecule has 3 aromatic carbocycles. The number of allylic oxidation sites excluding steroid dienone is 2. The second-order valence-electron chi connectivity index (χ2n) is 8.23. The van der Waals surface area contributed by atoms with Gasteiger partial charge in [-0.1, -0.05) is 60.1 Å². The van der Waals surface area contributed by atoms with E-state index in [2.05, 4.69) is 5.32 Å². The number of rotatable bonds is 4. The van der Waals surface area contributed by atoms with Gasteiger partial charge in [0.1, 0.15) is 11.5 Å². The normalized spacial score (nSPS) is 20.5. The summed E-state index contributed by atoms with van der Waals surface area (Å²) < 4.78 is 5.97. The summed E-state index contributed by atoms with van der Waals surface area (Å²) >= 11 is 6.39. The van der Waals surface area contributed by atoms with Gasteiger partial charge in [0.25, 0.3) is 0 Å². The molecule has 1 amide bonds. The fourth-order valence-electron chi connectivity index (χ4n) is 4.69. The molecule has 1 aliphatic carbocycles. The van der Waals surface area contributed by atoms with Gasteiger partial charge in [0.2, 0.25) is 5.91 Å². The quantitative estimate of drug-likeness (QED) is 0.527. The van der Waals surface area contributed by atoms with Crippen LogP contribution in [-0.2, 0) is 9.59 Å². The number of ether oxygens (including phenoxy) is 1. The van der Waals surface area contributed by atoms with Crippen molar-refractivity contribution in [1.29, 1.82) is 0 Å². The fraction of sp³-hybridized carbons (Fsp3) is 0.185. The van der Waals surface area contributed by atoms with Crippen LogP contribution in [0, 0.1) is 0 Å². The third kappa shape index (κ3) is 4.06. The van der Waals surface area contributed by atoms with Crippen molar-refractivity contribution in [2.24, 2.45) is 0 Å². The van der Waals surface area contributed by atoms with Crippen molar-refractivity contribution < 1.29 is 14.3 Å². The Hall–Kier alpha value is -3.37. The Labute approximate surface area is 191 Å². The molecule has 0 unspecified atom stereocenters. The summed E-state index contributed by atoms with van der Waals surface area (Å²) in [5, 5.41) is 3.62. The van der Waals surface area contributed by atoms with Gasteiger partial charge in [-0.3, -0.25) is 9.59 Å². The van der Waals surface area contributed by atoms with E-state index in [4.69, 9.17) is 16.3 Å². The summed E-state index contributed by atoms with van der Waals surface area (Å²) in [6.07, 6.45) is 1.22. The molecule has 0 bridgehead atoms. The predicted molar refractivity (Wildman–Crippen MR) is 124 cm³/mol. The van der Waals surface area contributed by atoms with Gasteiger partial charge < -0.3 is 10.1 Å². The Morgan fingerprint density at radius 2 is 1.56 bits per heavy atom. The molecular weight excluding hydrogens is 422 g/mol. The van der Waals surface area contributed by atoms with E-state index >= 15 is 0 Å². The second kappa shape index (κ2) is 8.64. The molecule has 0 aromatic heterocycles. The van der Waals surface area contributed by atoms with E-state index in [1.54, 1.807) is 0 Å². The van der Waals surface area contributed by atoms with E-state index in [1.165, 1.54) is 0 Å². The van der Waals surface area contributed by atoms with Crippen LogP contribution in [0.25, 0.3) is 0 Å². The lowest BCUT2D eigenvalue weighted by molar-refractivity contribution is -0.122. The highest BCUT2D eigenvalue weighted by Gasteiger charge is 2.38. The molecule has 4 nitrogen and oxygen atoms in total. The summed E-state index contributed by atoms with van der Waals surface area (Å²) in [4.78, 5) is 25.9. The molecule has 1 N–H and O–H groups in total. The van der Waals surface area contributed by atoms with Crippen molar-refractivity contribution >= 4 is 23.3 Å². The van der Waals surface area contributed by atoms with Gasteiger partial charge in [-0.05, 0) is 53.8 Å². The first-order valence-electron chi connectivity index (χ1n) is 10.7. The molecule has 0 fully saturated rings. The van der Waals surface area contributed by atoms with Gasteiger partial charge in [-0.25, -0.2) is 0 Å². The molecule has 1 heterocycles. The highest BCUT2D eigenvalue weighted by Crippen LogP contribution is 2.44. The van der Waals surface area contributed by atoms with Crippen LogP contribution >= 0.6 is 11.6 Å². The molecule has 160 valence electrons. The minimum Gasteiger partial charge on any atom is -0.457 e. The van der Waals surface area contributed by atoms with Crippen molar-refractivity contribution in [1.82, 2.24) is 5.32 Å². The fourth-order valence-corrected chi connectivity index (χ4v) is 4.98. The topological polar surface area (TPSA) is 55.4 Å². The molecule has 0 spiro atoms. The van der Waals surface area contributed by atoms with E-state index in [1.807, 2.05) is 78.9 Å². The van der Waals surface area contributed by atoms with Gasteiger partial charge in [0, 0.05) is 35.1 Å². The Morgan fingerprint density at radius 1 is 0.812 bits per heavy atom. The lowest BCUT2D eigenvalue weighted by Crippen LogP contribution is -2.38. The molecule has 3 aromatic rings. The summed E-state index contributed by atoms with van der Waals surface area (Å²) in [5.41, 5.74) is 3.29. The highest BCUT2D eigenvalue weighted by atomic mass is 35.5. The Bertz CT molecular complexity index is 1220. The van der Waals surface area contributed by atoms with E-state index in [0.29, 0.717) is 29.2 Å². The number of ketones is 1. The minimum absolute atomic E-state index is 0.0400. The number of carbonyl (C=O) groups excluding carboxylic acids is 2. The second-order valence-corrected chi connectivity index (χ2v) is 8.64. The summed E-state index contributed by atoms with van der Waals surface area (Å²) in [6, 6.07) is 24.8. The van der Waals surface area contributed by atoms with Crippen molar-refractivity contribution in [3.63, 3.8) is 0 Å². The lowest BCUT2D eigenvalue weighted by Gasteiger charge is -2.34. The van der Waals surface area contributed by atoms with Crippen LogP contribution in [0.4, 0.5) is 0 Å². The van der Waals surface area contributed by atoms with Crippen LogP contribution in [0.15, 0.2) is 90.1 Å². The number of hydrogen-bond donors (Lipinski definition) is 1. The first kappa shape index (κ1) is 20.5. The largest absolute Gasteiger partial charge is 0.457 e. The molecular formula is C27H22ClNO3. The predicted octanol–water partition coefficient (Wildman–Crippen LogP) is 6.14. The highest BCUT2D eigenvalue weighted by molar-refractivity contribution is 6.31. The number of amides is 1. The third-order valence-corrected chi connectivity index (χ3v) is 6.46. The maximum Gasteiger partial charge on any atom is 0.225 e. The average molecular weight is 444 g/mol. The molecule has 0 saturated carbocycles. The Morgan fingerprint density at radius 3 is 2.38 bits per heavy atom. The lowest BCUT2D eigenvalue weighted by atomic mass is 9.73. The monoisotopic (exact) mass is 443 g/mol. The number of Topliss-reactive ketones (excluding diaryl/α,β-unsaturated/α-hetero) is 1. The zero-order chi connectivity index (χ0) is 22.1. The SMILES string of the molecule is O=C1C[C@H](c2cccc(Oc3ccccc3)c2)C2=C(C[C@@H](c3ccccc3Cl)CC2=O)N1. The maximum absolute atomic E-state index is 13.3. The number of nitrogens with one attached hydrogen (secondary N) is 1. The van der Waals surface area contributed by atoms with Crippen molar-refractivity contribution in [3.05, 3.63) is 106 Å². The third-order valence-electron chi connectivity index (χ3n) is 6.12. The zero-order valence-electron chi connectivity index (χ0n) is 17.4. The Balaban J connectivity index is 1.47. The van der Waals surface area contributed by atoms with E-state index in [-0.39, 0.29) is 29.9 Å². The van der Waals surface area contributed by atoms with Gasteiger partial charge in [-0.15, -0.1) is 0 Å². The van der Waals surface area contributed by atoms with Gasteiger partial charge in [0.05, 0.1) is 0 Å².